The molecule has 0 bridgehead atoms. The van der Waals surface area contributed by atoms with Crippen molar-refractivity contribution in [1.29, 1.82) is 0 Å². The summed E-state index contributed by atoms with van der Waals surface area (Å²) in [4.78, 5) is 22.6. The molecule has 27 heteroatoms. The van der Waals surface area contributed by atoms with E-state index >= 15 is 0 Å². The van der Waals surface area contributed by atoms with Crippen LogP contribution in [0.5, 0.6) is 0 Å². The molecule has 1 aliphatic rings. The zero-order valence-electron chi connectivity index (χ0n) is 29.1. The van der Waals surface area contributed by atoms with Gasteiger partial charge < -0.3 is 10.1 Å². The summed E-state index contributed by atoms with van der Waals surface area (Å²) in [6, 6.07) is 9.05. The standard InChI is InChI=1S/C24H30ClN5O4S.B16/c1-3-12-34-15-30-22-16(13-20(23(30)31)19-6-4-5-7-21(19)25)14-26-24(28-22)27-17-8-10-18(11-9-17)29-35(2,32)33;1-10(2)14(9)16(13(7)8)15(11(3)4)12(5)6/h4-7,13-14,17-18,29H,3,8-12,15H2,1-2H3,(H,26,27,28);. The fraction of sp³-hybridized carbons (Fsp3) is 0.458. The number of nitrogens with zero attached hydrogens (tertiary/aromatic N) is 3. The van der Waals surface area contributed by atoms with Crippen LogP contribution in [0.1, 0.15) is 39.0 Å². The van der Waals surface area contributed by atoms with Crippen LogP contribution in [-0.4, -0.2) is 162 Å². The van der Waals surface area contributed by atoms with Crippen LogP contribution in [0.3, 0.4) is 0 Å². The van der Waals surface area contributed by atoms with Crippen molar-refractivity contribution in [3.8, 4) is 11.1 Å². The minimum atomic E-state index is -3.22. The highest BCUT2D eigenvalue weighted by atomic mass is 35.5. The lowest BCUT2D eigenvalue weighted by atomic mass is 8.44. The molecule has 236 valence electrons. The van der Waals surface area contributed by atoms with Gasteiger partial charge in [-0.1, -0.05) is 36.7 Å². The van der Waals surface area contributed by atoms with Crippen molar-refractivity contribution < 1.29 is 13.2 Å². The van der Waals surface area contributed by atoms with Crippen LogP contribution in [0.2, 0.25) is 5.02 Å². The molecule has 3 aromatic rings. The highest BCUT2D eigenvalue weighted by Crippen LogP contribution is 2.28. The molecule has 0 aliphatic heterocycles. The van der Waals surface area contributed by atoms with Crippen molar-refractivity contribution in [3.63, 3.8) is 0 Å². The number of nitrogens with one attached hydrogen (secondary N) is 2. The van der Waals surface area contributed by atoms with Crippen LogP contribution >= 0.6 is 11.6 Å². The molecule has 9 nitrogen and oxygen atoms in total. The Morgan fingerprint density at radius 1 is 0.902 bits per heavy atom. The van der Waals surface area contributed by atoms with Gasteiger partial charge in [0.2, 0.25) is 16.0 Å². The Balaban J connectivity index is 0.000000371. The number of aromatic nitrogens is 3. The Kier molecular flexibility index (Phi) is 17.4. The SMILES string of the molecule is CCCOCn1c(=O)c(-c2ccccc2Cl)cc2cnc(NC3CCC(NS(C)(=O)=O)CC3)nc21.[B]B([B])B([B])B(B([B])[B])B(B([B])[B])B([B])[B]. The number of fused-ring (bicyclic) bond motifs is 1. The largest absolute Gasteiger partial charge is 0.361 e. The van der Waals surface area contributed by atoms with Crippen LogP contribution < -0.4 is 15.6 Å². The monoisotopic (exact) mass is 695 g/mol. The fourth-order valence-electron chi connectivity index (χ4n) is 6.16. The van der Waals surface area contributed by atoms with E-state index in [1.807, 2.05) is 25.1 Å². The normalized spacial score (nSPS) is 15.6. The maximum Gasteiger partial charge on any atom is 0.262 e. The number of halogens is 1. The van der Waals surface area contributed by atoms with Gasteiger partial charge in [-0.2, -0.15) is 4.98 Å². The molecular weight excluding hydrogens is 663 g/mol. The minimum Gasteiger partial charge on any atom is -0.361 e. The molecule has 1 fully saturated rings. The average molecular weight is 693 g/mol. The third-order valence-corrected chi connectivity index (χ3v) is 9.76. The number of pyridine rings is 1. The predicted molar refractivity (Wildman–Crippen MR) is 230 cm³/mol. The minimum absolute atomic E-state index is 0.0512. The summed E-state index contributed by atoms with van der Waals surface area (Å²) in [7, 11) is 47.1. The molecule has 2 aromatic heterocycles. The van der Waals surface area contributed by atoms with E-state index in [1.54, 1.807) is 18.3 Å². The van der Waals surface area contributed by atoms with Gasteiger partial charge in [-0.3, -0.25) is 9.36 Å². The van der Waals surface area contributed by atoms with Crippen molar-refractivity contribution >= 4 is 153 Å². The summed E-state index contributed by atoms with van der Waals surface area (Å²) in [5, 5.41) is 4.54. The molecule has 1 saturated carbocycles. The predicted octanol–water partition coefficient (Wildman–Crippen LogP) is -2.32. The molecule has 0 saturated heterocycles. The first-order valence-electron chi connectivity index (χ1n) is 16.7. The maximum absolute atomic E-state index is 13.5. The molecule has 18 radical (unpaired) electrons. The molecule has 1 aliphatic carbocycles. The number of anilines is 1. The summed E-state index contributed by atoms with van der Waals surface area (Å²) in [6.07, 6.45) is 1.71. The van der Waals surface area contributed by atoms with Crippen LogP contribution in [0, 0.1) is 0 Å². The van der Waals surface area contributed by atoms with E-state index < -0.39 is 54.7 Å². The fourth-order valence-corrected chi connectivity index (χ4v) is 7.24. The highest BCUT2D eigenvalue weighted by Gasteiger charge is 2.38. The molecule has 1 aromatic carbocycles. The van der Waals surface area contributed by atoms with Gasteiger partial charge in [0.25, 0.3) is 5.56 Å². The van der Waals surface area contributed by atoms with Gasteiger partial charge in [0.1, 0.15) is 12.4 Å². The molecule has 0 unspecified atom stereocenters. The van der Waals surface area contributed by atoms with Crippen molar-refractivity contribution in [2.75, 3.05) is 18.2 Å². The van der Waals surface area contributed by atoms with Gasteiger partial charge in [0.05, 0.1) is 6.26 Å². The van der Waals surface area contributed by atoms with Crippen molar-refractivity contribution in [2.24, 2.45) is 0 Å². The second-order valence-electron chi connectivity index (χ2n) is 12.9. The molecular formula is C24H30B16ClN5O4S. The lowest BCUT2D eigenvalue weighted by molar-refractivity contribution is 0.0779. The van der Waals surface area contributed by atoms with Crippen LogP contribution in [0.25, 0.3) is 22.2 Å². The first-order valence-corrected chi connectivity index (χ1v) is 19.0. The van der Waals surface area contributed by atoms with Gasteiger partial charge in [-0.25, -0.2) is 18.1 Å². The summed E-state index contributed by atoms with van der Waals surface area (Å²) < 4.78 is 32.9. The number of sulfonamides is 1. The summed E-state index contributed by atoms with van der Waals surface area (Å²) in [5.74, 6) is 0.422. The van der Waals surface area contributed by atoms with Gasteiger partial charge in [0, 0.05) is 161 Å². The van der Waals surface area contributed by atoms with E-state index in [1.165, 1.54) is 10.8 Å². The van der Waals surface area contributed by atoms with Crippen molar-refractivity contribution in [3.05, 3.63) is 51.9 Å². The molecule has 4 rings (SSSR count). The van der Waals surface area contributed by atoms with Crippen LogP contribution in [0.4, 0.5) is 5.95 Å². The van der Waals surface area contributed by atoms with Crippen molar-refractivity contribution in [1.82, 2.24) is 19.3 Å². The zero-order valence-corrected chi connectivity index (χ0v) is 30.6. The van der Waals surface area contributed by atoms with Gasteiger partial charge >= 0.3 is 0 Å². The average Bonchev–Trinajstić information content (AvgIpc) is 3.04. The topological polar surface area (TPSA) is 115 Å². The van der Waals surface area contributed by atoms with E-state index in [0.29, 0.717) is 39.7 Å². The van der Waals surface area contributed by atoms with Gasteiger partial charge in [-0.05, 0) is 44.2 Å². The zero-order chi connectivity index (χ0) is 38.0. The number of ether oxygens (including phenoxy) is 1. The highest BCUT2D eigenvalue weighted by molar-refractivity contribution is 8.13. The van der Waals surface area contributed by atoms with Crippen LogP contribution in [0.15, 0.2) is 41.3 Å². The Morgan fingerprint density at radius 2 is 1.49 bits per heavy atom. The van der Waals surface area contributed by atoms with Gasteiger partial charge in [-0.15, -0.1) is 0 Å². The number of benzene rings is 1. The number of hydrogen-bond donors (Lipinski definition) is 2. The summed E-state index contributed by atoms with van der Waals surface area (Å²) >= 11 is 6.38. The van der Waals surface area contributed by atoms with E-state index in [0.717, 1.165) is 32.1 Å². The second kappa shape index (κ2) is 20.3. The number of hydrogen-bond acceptors (Lipinski definition) is 7. The molecule has 2 N–H and O–H groups in total. The first-order chi connectivity index (χ1) is 23.9. The molecule has 0 amide bonds. The molecule has 0 atom stereocenters. The number of rotatable bonds is 15. The maximum atomic E-state index is 13.5. The molecule has 2 heterocycles. The van der Waals surface area contributed by atoms with E-state index in [2.05, 4.69) is 20.0 Å². The van der Waals surface area contributed by atoms with E-state index in [9.17, 15) is 13.2 Å². The lowest BCUT2D eigenvalue weighted by Crippen LogP contribution is -2.75. The second-order valence-corrected chi connectivity index (χ2v) is 15.1. The molecule has 51 heavy (non-hydrogen) atoms. The quantitative estimate of drug-likeness (QED) is 0.136. The third-order valence-electron chi connectivity index (χ3n) is 8.67. The van der Waals surface area contributed by atoms with E-state index in [4.69, 9.17) is 86.0 Å². The van der Waals surface area contributed by atoms with Crippen molar-refractivity contribution in [2.45, 2.75) is 57.8 Å². The molecule has 0 spiro atoms. The Morgan fingerprint density at radius 3 is 2.02 bits per heavy atom. The lowest BCUT2D eigenvalue weighted by Gasteiger charge is -2.37. The first kappa shape index (κ1) is 43.9. The summed E-state index contributed by atoms with van der Waals surface area (Å²) in [5.41, 5.74) is 1.35. The van der Waals surface area contributed by atoms with Gasteiger partial charge in [0.15, 0.2) is 0 Å². The smallest absolute Gasteiger partial charge is 0.262 e. The Labute approximate surface area is 322 Å². The van der Waals surface area contributed by atoms with Crippen LogP contribution in [-0.2, 0) is 21.5 Å². The summed E-state index contributed by atoms with van der Waals surface area (Å²) in [6.45, 7) is 2.59. The third kappa shape index (κ3) is 12.8. The Bertz CT molecular complexity index is 1730. The Hall–Kier alpha value is -1.49. The van der Waals surface area contributed by atoms with E-state index in [-0.39, 0.29) is 24.4 Å².